The van der Waals surface area contributed by atoms with Gasteiger partial charge in [0.05, 0.1) is 31.4 Å². The second kappa shape index (κ2) is 15.1. The number of esters is 1. The van der Waals surface area contributed by atoms with Crippen LogP contribution in [0.25, 0.3) is 11.3 Å². The van der Waals surface area contributed by atoms with Gasteiger partial charge >= 0.3 is 12.1 Å². The number of carbonyl (C=O) groups excluding carboxylic acids is 2. The average molecular weight is 712 g/mol. The van der Waals surface area contributed by atoms with E-state index in [1.54, 1.807) is 18.1 Å². The number of thiazole rings is 1. The molecule has 5 rings (SSSR count). The van der Waals surface area contributed by atoms with Crippen LogP contribution in [0.5, 0.6) is 11.5 Å². The van der Waals surface area contributed by atoms with E-state index in [0.29, 0.717) is 67.3 Å². The van der Waals surface area contributed by atoms with Crippen LogP contribution in [0.4, 0.5) is 14.3 Å². The smallest absolute Gasteiger partial charge is 0.410 e. The Hall–Kier alpha value is -3.90. The van der Waals surface area contributed by atoms with E-state index in [1.807, 2.05) is 79.0 Å². The Morgan fingerprint density at radius 1 is 1.02 bits per heavy atom. The first-order chi connectivity index (χ1) is 23.6. The van der Waals surface area contributed by atoms with Gasteiger partial charge in [-0.1, -0.05) is 11.6 Å². The number of amides is 1. The van der Waals surface area contributed by atoms with Gasteiger partial charge in [-0.15, -0.1) is 11.3 Å². The van der Waals surface area contributed by atoms with Crippen LogP contribution >= 0.6 is 11.3 Å². The fourth-order valence-electron chi connectivity index (χ4n) is 6.28. The van der Waals surface area contributed by atoms with Crippen molar-refractivity contribution in [1.29, 1.82) is 0 Å². The zero-order chi connectivity index (χ0) is 36.4. The Balaban J connectivity index is 1.32. The van der Waals surface area contributed by atoms with Crippen molar-refractivity contribution in [3.05, 3.63) is 57.7 Å². The van der Waals surface area contributed by atoms with Crippen molar-refractivity contribution in [3.63, 3.8) is 0 Å². The predicted octanol–water partition coefficient (Wildman–Crippen LogP) is 7.71. The third kappa shape index (κ3) is 8.87. The summed E-state index contributed by atoms with van der Waals surface area (Å²) in [4.78, 5) is 34.4. The number of hydrogen-bond acceptors (Lipinski definition) is 10. The lowest BCUT2D eigenvalue weighted by atomic mass is 9.93. The quantitative estimate of drug-likeness (QED) is 0.207. The van der Waals surface area contributed by atoms with Crippen molar-refractivity contribution in [1.82, 2.24) is 9.88 Å². The van der Waals surface area contributed by atoms with Gasteiger partial charge < -0.3 is 33.5 Å². The summed E-state index contributed by atoms with van der Waals surface area (Å²) in [7, 11) is 1.54. The number of aromatic nitrogens is 1. The number of carbonyl (C=O) groups is 2. The minimum Gasteiger partial charge on any atom is -0.496 e. The monoisotopic (exact) mass is 711 g/mol. The van der Waals surface area contributed by atoms with Crippen LogP contribution < -0.4 is 14.4 Å². The minimum absolute atomic E-state index is 0.0213. The predicted molar refractivity (Wildman–Crippen MR) is 191 cm³/mol. The van der Waals surface area contributed by atoms with E-state index in [0.717, 1.165) is 22.0 Å². The molecule has 0 radical (unpaired) electrons. The summed E-state index contributed by atoms with van der Waals surface area (Å²) < 4.78 is 45.2. The third-order valence-corrected chi connectivity index (χ3v) is 9.47. The number of anilines is 1. The van der Waals surface area contributed by atoms with Gasteiger partial charge in [0.25, 0.3) is 0 Å². The molecule has 0 bridgehead atoms. The van der Waals surface area contributed by atoms with Crippen LogP contribution in [-0.2, 0) is 38.6 Å². The van der Waals surface area contributed by atoms with Crippen LogP contribution in [0.3, 0.4) is 0 Å². The number of rotatable bonds is 9. The molecule has 12 heteroatoms. The summed E-state index contributed by atoms with van der Waals surface area (Å²) in [5.74, 6) is 0.159. The third-order valence-electron chi connectivity index (χ3n) is 8.57. The fourth-order valence-corrected chi connectivity index (χ4v) is 7.15. The van der Waals surface area contributed by atoms with Gasteiger partial charge in [-0.3, -0.25) is 4.79 Å². The van der Waals surface area contributed by atoms with Gasteiger partial charge in [-0.25, -0.2) is 14.2 Å². The normalized spacial score (nSPS) is 18.0. The molecule has 2 aliphatic heterocycles. The van der Waals surface area contributed by atoms with Crippen molar-refractivity contribution in [2.24, 2.45) is 5.92 Å². The number of aryl methyl sites for hydroxylation is 1. The lowest BCUT2D eigenvalue weighted by molar-refractivity contribution is -0.166. The average Bonchev–Trinajstić information content (AvgIpc) is 3.53. The van der Waals surface area contributed by atoms with Crippen LogP contribution in [0, 0.1) is 18.7 Å². The number of fused-ring (bicyclic) bond motifs is 1. The van der Waals surface area contributed by atoms with Crippen LogP contribution in [-0.4, -0.2) is 72.6 Å². The molecule has 0 spiro atoms. The van der Waals surface area contributed by atoms with Gasteiger partial charge in [0.2, 0.25) is 0 Å². The maximum atomic E-state index is 16.0. The highest BCUT2D eigenvalue weighted by molar-refractivity contribution is 7.14. The van der Waals surface area contributed by atoms with Crippen molar-refractivity contribution >= 4 is 28.5 Å². The van der Waals surface area contributed by atoms with Crippen molar-refractivity contribution in [3.8, 4) is 22.8 Å². The molecule has 50 heavy (non-hydrogen) atoms. The Labute approximate surface area is 298 Å². The van der Waals surface area contributed by atoms with Gasteiger partial charge in [-0.05, 0) is 92.0 Å². The molecule has 1 saturated heterocycles. The molecular weight excluding hydrogens is 661 g/mol. The number of benzene rings is 2. The zero-order valence-corrected chi connectivity index (χ0v) is 31.5. The van der Waals surface area contributed by atoms with Crippen molar-refractivity contribution in [2.45, 2.75) is 98.7 Å². The Morgan fingerprint density at radius 3 is 2.44 bits per heavy atom. The molecule has 0 N–H and O–H groups in total. The number of hydrogen-bond donors (Lipinski definition) is 0. The minimum atomic E-state index is -0.629. The molecule has 0 saturated carbocycles. The summed E-state index contributed by atoms with van der Waals surface area (Å²) in [5.41, 5.74) is 2.92. The number of piperidine rings is 1. The Bertz CT molecular complexity index is 1700. The highest BCUT2D eigenvalue weighted by Gasteiger charge is 2.38. The summed E-state index contributed by atoms with van der Waals surface area (Å²) >= 11 is 1.52. The van der Waals surface area contributed by atoms with E-state index in [9.17, 15) is 9.59 Å². The molecule has 1 amide bonds. The molecule has 3 heterocycles. The highest BCUT2D eigenvalue weighted by Crippen LogP contribution is 2.38. The summed E-state index contributed by atoms with van der Waals surface area (Å²) in [5, 5.41) is 2.82. The van der Waals surface area contributed by atoms with Gasteiger partial charge in [0, 0.05) is 48.3 Å². The lowest BCUT2D eigenvalue weighted by Crippen LogP contribution is -2.49. The molecule has 10 nitrogen and oxygen atoms in total. The second-order valence-corrected chi connectivity index (χ2v) is 15.7. The van der Waals surface area contributed by atoms with Crippen molar-refractivity contribution < 1.29 is 37.7 Å². The van der Waals surface area contributed by atoms with Gasteiger partial charge in [-0.2, -0.15) is 0 Å². The fraction of sp³-hybridized carbons (Fsp3) is 0.553. The number of methoxy groups -OCH3 is 1. The van der Waals surface area contributed by atoms with E-state index in [1.165, 1.54) is 11.3 Å². The molecular formula is C38H50FN3O7S. The molecule has 0 unspecified atom stereocenters. The zero-order valence-electron chi connectivity index (χ0n) is 30.7. The van der Waals surface area contributed by atoms with Gasteiger partial charge in [0.1, 0.15) is 35.1 Å². The Kier molecular flexibility index (Phi) is 11.3. The lowest BCUT2D eigenvalue weighted by Gasteiger charge is -2.38. The molecule has 2 aromatic carbocycles. The van der Waals surface area contributed by atoms with Crippen LogP contribution in [0.2, 0.25) is 0 Å². The first-order valence-electron chi connectivity index (χ1n) is 17.2. The summed E-state index contributed by atoms with van der Waals surface area (Å²) in [6, 6.07) is 7.50. The van der Waals surface area contributed by atoms with E-state index < -0.39 is 17.3 Å². The van der Waals surface area contributed by atoms with E-state index >= 15 is 4.39 Å². The molecule has 2 atom stereocenters. The van der Waals surface area contributed by atoms with Crippen LogP contribution in [0.15, 0.2) is 29.6 Å². The maximum Gasteiger partial charge on any atom is 0.410 e. The molecule has 272 valence electrons. The maximum absolute atomic E-state index is 16.0. The van der Waals surface area contributed by atoms with E-state index in [2.05, 4.69) is 4.90 Å². The molecule has 0 aliphatic carbocycles. The standard InChI is InChI=1S/C38H50FN3O7S/c1-10-46-32-20-41(15-14-26(32)34(43)48-37(3,4)5)35-40-29(22-50-35)27-17-23(2)11-12-30(27)47-21-24-18-31(45-9)28-19-42(16-13-25(28)33(24)39)36(44)49-38(6,7)8/h11-12,17-18,22,26,32H,10,13-16,19-21H2,1-9H3/t26-,32+/m0/s1. The number of nitrogens with zero attached hydrogens (tertiary/aromatic N) is 3. The topological polar surface area (TPSA) is 99.7 Å². The van der Waals surface area contributed by atoms with E-state index in [4.69, 9.17) is 28.7 Å². The number of ether oxygens (including phenoxy) is 5. The second-order valence-electron chi connectivity index (χ2n) is 14.8. The molecule has 1 aromatic heterocycles. The Morgan fingerprint density at radius 2 is 1.76 bits per heavy atom. The molecule has 2 aliphatic rings. The number of halogens is 1. The first-order valence-corrected chi connectivity index (χ1v) is 18.1. The molecule has 3 aromatic rings. The van der Waals surface area contributed by atoms with E-state index in [-0.39, 0.29) is 37.0 Å². The summed E-state index contributed by atoms with van der Waals surface area (Å²) in [6.07, 6.45) is 0.191. The first kappa shape index (κ1) is 37.4. The molecule has 1 fully saturated rings. The largest absolute Gasteiger partial charge is 0.496 e. The van der Waals surface area contributed by atoms with Crippen LogP contribution in [0.1, 0.15) is 77.1 Å². The highest BCUT2D eigenvalue weighted by atomic mass is 32.1. The SMILES string of the molecule is CCO[C@@H]1CN(c2nc(-c3cc(C)ccc3OCc3cc(OC)c4c(c3F)CCN(C(=O)OC(C)(C)C)C4)cs2)CC[C@@H]1C(=O)OC(C)(C)C. The van der Waals surface area contributed by atoms with Gasteiger partial charge in [0.15, 0.2) is 5.13 Å². The van der Waals surface area contributed by atoms with Crippen molar-refractivity contribution in [2.75, 3.05) is 38.3 Å². The summed E-state index contributed by atoms with van der Waals surface area (Å²) in [6.45, 7) is 17.2.